The molecule has 0 amide bonds. The molecule has 0 aromatic rings. The van der Waals surface area contributed by atoms with Crippen molar-refractivity contribution in [3.63, 3.8) is 0 Å². The van der Waals surface area contributed by atoms with E-state index in [2.05, 4.69) is 41.5 Å². The van der Waals surface area contributed by atoms with Crippen LogP contribution in [0.4, 0.5) is 0 Å². The fourth-order valence-corrected chi connectivity index (χ4v) is 5.80. The zero-order chi connectivity index (χ0) is 23.8. The van der Waals surface area contributed by atoms with Crippen LogP contribution in [0.1, 0.15) is 107 Å². The summed E-state index contributed by atoms with van der Waals surface area (Å²) < 4.78 is 5.46. The molecule has 3 atom stereocenters. The van der Waals surface area contributed by atoms with Gasteiger partial charge in [0.1, 0.15) is 11.9 Å². The van der Waals surface area contributed by atoms with E-state index in [1.54, 1.807) is 0 Å². The summed E-state index contributed by atoms with van der Waals surface area (Å²) in [6.07, 6.45) is 4.99. The van der Waals surface area contributed by atoms with Crippen LogP contribution in [0.25, 0.3) is 0 Å². The van der Waals surface area contributed by atoms with Gasteiger partial charge >= 0.3 is 5.97 Å². The Morgan fingerprint density at radius 1 is 1.23 bits per heavy atom. The molecular weight excluding hydrogens is 394 g/mol. The van der Waals surface area contributed by atoms with Crippen LogP contribution >= 0.6 is 0 Å². The first-order valence-corrected chi connectivity index (χ1v) is 11.7. The standard InChI is InChI=1S/C25H41NO5/c1-9-20(26(29)30)19-16-18(31-17(2)27)10-13-24(19,7)23(5,6)14-15-25(8)21(28)11-12-22(25,3)4/h18H,9-16H2,1-8H3/b20-19+/t18-,24-,25+/m0/s1. The highest BCUT2D eigenvalue weighted by atomic mass is 16.6. The quantitative estimate of drug-likeness (QED) is 0.268. The molecular formula is C25H41NO5. The van der Waals surface area contributed by atoms with Crippen molar-refractivity contribution in [2.75, 3.05) is 0 Å². The van der Waals surface area contributed by atoms with Crippen LogP contribution in [-0.4, -0.2) is 22.8 Å². The molecule has 0 N–H and O–H groups in total. The van der Waals surface area contributed by atoms with Gasteiger partial charge in [0.2, 0.25) is 5.70 Å². The Kier molecular flexibility index (Phi) is 7.14. The van der Waals surface area contributed by atoms with Crippen LogP contribution in [0, 0.1) is 31.8 Å². The minimum absolute atomic E-state index is 0.0395. The number of ketones is 1. The third-order valence-electron chi connectivity index (χ3n) is 9.13. The van der Waals surface area contributed by atoms with E-state index >= 15 is 0 Å². The lowest BCUT2D eigenvalue weighted by atomic mass is 9.53. The molecule has 2 saturated carbocycles. The molecule has 2 fully saturated rings. The van der Waals surface area contributed by atoms with E-state index < -0.39 is 5.41 Å². The third-order valence-corrected chi connectivity index (χ3v) is 9.13. The molecule has 0 aliphatic heterocycles. The van der Waals surface area contributed by atoms with Crippen molar-refractivity contribution >= 4 is 11.8 Å². The predicted molar refractivity (Wildman–Crippen MR) is 121 cm³/mol. The number of rotatable bonds is 7. The summed E-state index contributed by atoms with van der Waals surface area (Å²) in [6.45, 7) is 16.2. The number of nitrogens with zero attached hydrogens (tertiary/aromatic N) is 1. The fraction of sp³-hybridized carbons (Fsp3) is 0.840. The number of allylic oxidation sites excluding steroid dienone is 1. The van der Waals surface area contributed by atoms with Crippen LogP contribution in [0.3, 0.4) is 0 Å². The van der Waals surface area contributed by atoms with Crippen LogP contribution in [-0.2, 0) is 14.3 Å². The monoisotopic (exact) mass is 435 g/mol. The molecule has 2 aliphatic carbocycles. The number of hydrogen-bond acceptors (Lipinski definition) is 5. The van der Waals surface area contributed by atoms with Gasteiger partial charge in [0.15, 0.2) is 0 Å². The Hall–Kier alpha value is -1.72. The van der Waals surface area contributed by atoms with Gasteiger partial charge in [-0.1, -0.05) is 48.5 Å². The van der Waals surface area contributed by atoms with Gasteiger partial charge in [-0.3, -0.25) is 19.7 Å². The van der Waals surface area contributed by atoms with E-state index in [9.17, 15) is 19.7 Å². The summed E-state index contributed by atoms with van der Waals surface area (Å²) >= 11 is 0. The second-order valence-corrected chi connectivity index (χ2v) is 11.4. The van der Waals surface area contributed by atoms with Crippen LogP contribution in [0.15, 0.2) is 11.3 Å². The summed E-state index contributed by atoms with van der Waals surface area (Å²) in [6, 6.07) is 0. The van der Waals surface area contributed by atoms with Crippen molar-refractivity contribution in [3.8, 4) is 0 Å². The second kappa shape index (κ2) is 8.67. The molecule has 6 nitrogen and oxygen atoms in total. The summed E-state index contributed by atoms with van der Waals surface area (Å²) in [7, 11) is 0. The third kappa shape index (κ3) is 4.58. The van der Waals surface area contributed by atoms with Gasteiger partial charge in [-0.2, -0.15) is 0 Å². The summed E-state index contributed by atoms with van der Waals surface area (Å²) in [5, 5.41) is 11.9. The van der Waals surface area contributed by atoms with Gasteiger partial charge in [0, 0.05) is 42.6 Å². The summed E-state index contributed by atoms with van der Waals surface area (Å²) in [5.41, 5.74) is 0.00491. The van der Waals surface area contributed by atoms with Crippen LogP contribution in [0.2, 0.25) is 0 Å². The number of Topliss-reactive ketones (excluding diaryl/α,β-unsaturated/α-hetero) is 1. The lowest BCUT2D eigenvalue weighted by Crippen LogP contribution is -2.45. The number of carbonyl (C=O) groups is 2. The maximum absolute atomic E-state index is 12.8. The van der Waals surface area contributed by atoms with E-state index in [-0.39, 0.29) is 38.9 Å². The average Bonchev–Trinajstić information content (AvgIpc) is 2.86. The lowest BCUT2D eigenvalue weighted by molar-refractivity contribution is -0.430. The molecule has 0 bridgehead atoms. The highest BCUT2D eigenvalue weighted by Gasteiger charge is 2.54. The van der Waals surface area contributed by atoms with Crippen molar-refractivity contribution in [2.45, 2.75) is 113 Å². The van der Waals surface area contributed by atoms with Gasteiger partial charge in [0.05, 0.1) is 4.92 Å². The van der Waals surface area contributed by atoms with Gasteiger partial charge in [-0.05, 0) is 42.9 Å². The Labute approximate surface area is 187 Å². The van der Waals surface area contributed by atoms with Crippen molar-refractivity contribution in [2.24, 2.45) is 21.7 Å². The van der Waals surface area contributed by atoms with E-state index in [4.69, 9.17) is 4.74 Å². The molecule has 0 aromatic heterocycles. The topological polar surface area (TPSA) is 86.5 Å². The van der Waals surface area contributed by atoms with Crippen molar-refractivity contribution in [3.05, 3.63) is 21.4 Å². The van der Waals surface area contributed by atoms with Gasteiger partial charge in [-0.25, -0.2) is 0 Å². The first kappa shape index (κ1) is 25.5. The Balaban J connectivity index is 2.40. The number of carbonyl (C=O) groups excluding carboxylic acids is 2. The van der Waals surface area contributed by atoms with Crippen molar-refractivity contribution in [1.82, 2.24) is 0 Å². The van der Waals surface area contributed by atoms with Crippen molar-refractivity contribution < 1.29 is 19.2 Å². The van der Waals surface area contributed by atoms with Gasteiger partial charge in [0.25, 0.3) is 0 Å². The zero-order valence-electron chi connectivity index (χ0n) is 20.7. The molecule has 2 rings (SSSR count). The lowest BCUT2D eigenvalue weighted by Gasteiger charge is -2.51. The van der Waals surface area contributed by atoms with Crippen LogP contribution in [0.5, 0.6) is 0 Å². The molecule has 0 heterocycles. The highest BCUT2D eigenvalue weighted by molar-refractivity contribution is 5.87. The Morgan fingerprint density at radius 2 is 1.84 bits per heavy atom. The maximum Gasteiger partial charge on any atom is 0.302 e. The van der Waals surface area contributed by atoms with E-state index in [1.807, 2.05) is 6.92 Å². The van der Waals surface area contributed by atoms with E-state index in [1.165, 1.54) is 6.92 Å². The minimum Gasteiger partial charge on any atom is -0.462 e. The van der Waals surface area contributed by atoms with Crippen molar-refractivity contribution in [1.29, 1.82) is 0 Å². The molecule has 6 heteroatoms. The molecule has 0 unspecified atom stereocenters. The predicted octanol–water partition coefficient (Wildman–Crippen LogP) is 6.25. The van der Waals surface area contributed by atoms with Gasteiger partial charge < -0.3 is 4.74 Å². The SMILES string of the molecule is CC/C(=C1/C[C@@H](OC(C)=O)CC[C@]1(C)C(C)(C)CC[C@]1(C)C(=O)CCC1(C)C)[N+](=O)[O-]. The van der Waals surface area contributed by atoms with E-state index in [0.29, 0.717) is 31.5 Å². The summed E-state index contributed by atoms with van der Waals surface area (Å²) in [5.74, 6) is -0.00593. The Bertz CT molecular complexity index is 781. The molecule has 31 heavy (non-hydrogen) atoms. The average molecular weight is 436 g/mol. The van der Waals surface area contributed by atoms with Gasteiger partial charge in [-0.15, -0.1) is 0 Å². The minimum atomic E-state index is -0.399. The second-order valence-electron chi connectivity index (χ2n) is 11.4. The smallest absolute Gasteiger partial charge is 0.302 e. The number of ether oxygens (including phenoxy) is 1. The highest BCUT2D eigenvalue weighted by Crippen LogP contribution is 2.59. The fourth-order valence-electron chi connectivity index (χ4n) is 5.80. The van der Waals surface area contributed by atoms with E-state index in [0.717, 1.165) is 31.3 Å². The van der Waals surface area contributed by atoms with Crippen LogP contribution < -0.4 is 0 Å². The number of nitro groups is 1. The maximum atomic E-state index is 12.8. The number of hydrogen-bond donors (Lipinski definition) is 0. The normalized spacial score (nSPS) is 32.6. The molecule has 2 aliphatic rings. The number of esters is 1. The largest absolute Gasteiger partial charge is 0.462 e. The molecule has 0 saturated heterocycles. The molecule has 0 radical (unpaired) electrons. The first-order valence-electron chi connectivity index (χ1n) is 11.7. The molecule has 0 spiro atoms. The molecule has 176 valence electrons. The zero-order valence-corrected chi connectivity index (χ0v) is 20.7. The Morgan fingerprint density at radius 3 is 2.29 bits per heavy atom. The molecule has 0 aromatic carbocycles. The first-order chi connectivity index (χ1) is 14.1. The summed E-state index contributed by atoms with van der Waals surface area (Å²) in [4.78, 5) is 36.0.